The van der Waals surface area contributed by atoms with E-state index in [0.717, 1.165) is 9.13 Å². The summed E-state index contributed by atoms with van der Waals surface area (Å²) >= 11 is 2.15. The van der Waals surface area contributed by atoms with Crippen LogP contribution in [0.3, 0.4) is 0 Å². The van der Waals surface area contributed by atoms with Crippen LogP contribution in [0.4, 0.5) is 5.69 Å². The number of fused-ring (bicyclic) bond motifs is 1. The minimum absolute atomic E-state index is 0.195. The number of anilines is 1. The Kier molecular flexibility index (Phi) is 5.54. The average molecular weight is 451 g/mol. The lowest BCUT2D eigenvalue weighted by molar-refractivity contribution is -0.142. The summed E-state index contributed by atoms with van der Waals surface area (Å²) in [4.78, 5) is 23.5. The molecule has 0 fully saturated rings. The van der Waals surface area contributed by atoms with Gasteiger partial charge in [-0.25, -0.2) is 4.79 Å². The van der Waals surface area contributed by atoms with E-state index in [-0.39, 0.29) is 13.4 Å². The van der Waals surface area contributed by atoms with Crippen molar-refractivity contribution in [3.05, 3.63) is 57.7 Å². The largest absolute Gasteiger partial charge is 0.454 e. The Labute approximate surface area is 157 Å². The average Bonchev–Trinajstić information content (AvgIpc) is 3.06. The fourth-order valence-corrected chi connectivity index (χ4v) is 2.67. The summed E-state index contributed by atoms with van der Waals surface area (Å²) in [5, 5.41) is 2.66. The molecule has 0 unspecified atom stereocenters. The highest BCUT2D eigenvalue weighted by Crippen LogP contribution is 2.32. The molecule has 1 aliphatic heterocycles. The van der Waals surface area contributed by atoms with Crippen LogP contribution in [0.15, 0.2) is 48.5 Å². The van der Waals surface area contributed by atoms with E-state index in [1.165, 1.54) is 6.08 Å². The first-order valence-electron chi connectivity index (χ1n) is 7.40. The first kappa shape index (κ1) is 17.3. The third-order valence-corrected chi connectivity index (χ3v) is 3.93. The number of esters is 1. The molecule has 0 spiro atoms. The molecule has 2 aromatic carbocycles. The molecule has 7 heteroatoms. The molecule has 3 rings (SSSR count). The SMILES string of the molecule is O=C(COC(=O)C=Cc1ccc2c(c1)OCO2)Nc1cccc(I)c1. The fourth-order valence-electron chi connectivity index (χ4n) is 2.13. The molecule has 1 heterocycles. The van der Waals surface area contributed by atoms with Gasteiger partial charge in [-0.05, 0) is 64.6 Å². The summed E-state index contributed by atoms with van der Waals surface area (Å²) in [5.74, 6) is 0.307. The van der Waals surface area contributed by atoms with Gasteiger partial charge >= 0.3 is 5.97 Å². The van der Waals surface area contributed by atoms with Crippen LogP contribution in [0, 0.1) is 3.57 Å². The van der Waals surface area contributed by atoms with Crippen molar-refractivity contribution in [3.63, 3.8) is 0 Å². The molecule has 2 aromatic rings. The number of hydrogen-bond acceptors (Lipinski definition) is 5. The lowest BCUT2D eigenvalue weighted by Gasteiger charge is -2.05. The monoisotopic (exact) mass is 451 g/mol. The maximum absolute atomic E-state index is 11.8. The van der Waals surface area contributed by atoms with Gasteiger partial charge in [-0.1, -0.05) is 12.1 Å². The number of halogens is 1. The first-order valence-corrected chi connectivity index (χ1v) is 8.48. The standard InChI is InChI=1S/C18H14INO5/c19-13-2-1-3-14(9-13)20-17(21)10-23-18(22)7-5-12-4-6-15-16(8-12)25-11-24-15/h1-9H,10-11H2,(H,20,21). The number of amides is 1. The van der Waals surface area contributed by atoms with E-state index in [0.29, 0.717) is 17.2 Å². The molecule has 1 N–H and O–H groups in total. The van der Waals surface area contributed by atoms with Crippen LogP contribution in [0.25, 0.3) is 6.08 Å². The summed E-state index contributed by atoms with van der Waals surface area (Å²) < 4.78 is 16.4. The van der Waals surface area contributed by atoms with E-state index < -0.39 is 11.9 Å². The molecular formula is C18H14INO5. The van der Waals surface area contributed by atoms with Crippen molar-refractivity contribution in [1.82, 2.24) is 0 Å². The van der Waals surface area contributed by atoms with Gasteiger partial charge in [0.1, 0.15) is 0 Å². The molecule has 0 radical (unpaired) electrons. The Morgan fingerprint density at radius 3 is 2.84 bits per heavy atom. The van der Waals surface area contributed by atoms with Crippen LogP contribution in [-0.2, 0) is 14.3 Å². The summed E-state index contributed by atoms with van der Waals surface area (Å²) in [7, 11) is 0. The highest BCUT2D eigenvalue weighted by Gasteiger charge is 2.12. The summed E-state index contributed by atoms with van der Waals surface area (Å²) in [6, 6.07) is 12.6. The van der Waals surface area contributed by atoms with Gasteiger partial charge in [0, 0.05) is 15.3 Å². The van der Waals surface area contributed by atoms with Crippen molar-refractivity contribution in [2.45, 2.75) is 0 Å². The molecule has 0 bridgehead atoms. The Bertz CT molecular complexity index is 834. The van der Waals surface area contributed by atoms with E-state index in [1.54, 1.807) is 30.3 Å². The quantitative estimate of drug-likeness (QED) is 0.430. The zero-order chi connectivity index (χ0) is 17.6. The van der Waals surface area contributed by atoms with Crippen LogP contribution in [-0.4, -0.2) is 25.3 Å². The molecule has 6 nitrogen and oxygen atoms in total. The Balaban J connectivity index is 1.48. The molecular weight excluding hydrogens is 437 g/mol. The van der Waals surface area contributed by atoms with Crippen molar-refractivity contribution < 1.29 is 23.8 Å². The summed E-state index contributed by atoms with van der Waals surface area (Å²) in [6.45, 7) is -0.157. The molecule has 0 atom stereocenters. The van der Waals surface area contributed by atoms with Gasteiger partial charge in [0.2, 0.25) is 6.79 Å². The van der Waals surface area contributed by atoms with E-state index in [2.05, 4.69) is 27.9 Å². The fraction of sp³-hybridized carbons (Fsp3) is 0.111. The predicted molar refractivity (Wildman–Crippen MR) is 100 cm³/mol. The molecule has 25 heavy (non-hydrogen) atoms. The topological polar surface area (TPSA) is 73.9 Å². The second-order valence-electron chi connectivity index (χ2n) is 5.11. The van der Waals surface area contributed by atoms with Crippen LogP contribution in [0.1, 0.15) is 5.56 Å². The van der Waals surface area contributed by atoms with Crippen LogP contribution >= 0.6 is 22.6 Å². The van der Waals surface area contributed by atoms with Gasteiger partial charge in [-0.3, -0.25) is 4.79 Å². The van der Waals surface area contributed by atoms with E-state index in [1.807, 2.05) is 18.2 Å². The van der Waals surface area contributed by atoms with Gasteiger partial charge in [0.25, 0.3) is 5.91 Å². The van der Waals surface area contributed by atoms with Crippen molar-refractivity contribution in [1.29, 1.82) is 0 Å². The number of carbonyl (C=O) groups excluding carboxylic acids is 2. The maximum atomic E-state index is 11.8. The normalized spacial score (nSPS) is 12.2. The Morgan fingerprint density at radius 1 is 1.16 bits per heavy atom. The molecule has 0 saturated heterocycles. The third-order valence-electron chi connectivity index (χ3n) is 3.26. The number of ether oxygens (including phenoxy) is 3. The molecule has 128 valence electrons. The van der Waals surface area contributed by atoms with Crippen molar-refractivity contribution in [3.8, 4) is 11.5 Å². The first-order chi connectivity index (χ1) is 12.1. The van der Waals surface area contributed by atoms with Gasteiger partial charge in [-0.15, -0.1) is 0 Å². The van der Waals surface area contributed by atoms with E-state index in [4.69, 9.17) is 14.2 Å². The minimum atomic E-state index is -0.601. The molecule has 0 saturated carbocycles. The second kappa shape index (κ2) is 8.02. The maximum Gasteiger partial charge on any atom is 0.331 e. The minimum Gasteiger partial charge on any atom is -0.454 e. The van der Waals surface area contributed by atoms with Crippen LogP contribution in [0.2, 0.25) is 0 Å². The van der Waals surface area contributed by atoms with Gasteiger partial charge in [0.15, 0.2) is 18.1 Å². The zero-order valence-electron chi connectivity index (χ0n) is 13.0. The van der Waals surface area contributed by atoms with Crippen molar-refractivity contribution in [2.24, 2.45) is 0 Å². The predicted octanol–water partition coefficient (Wildman–Crippen LogP) is 3.22. The molecule has 0 aromatic heterocycles. The summed E-state index contributed by atoms with van der Waals surface area (Å²) in [5.41, 5.74) is 1.42. The molecule has 0 aliphatic carbocycles. The van der Waals surface area contributed by atoms with E-state index >= 15 is 0 Å². The number of rotatable bonds is 5. The van der Waals surface area contributed by atoms with Gasteiger partial charge < -0.3 is 19.5 Å². The molecule has 1 amide bonds. The Hall–Kier alpha value is -2.55. The zero-order valence-corrected chi connectivity index (χ0v) is 15.2. The molecule has 1 aliphatic rings. The highest BCUT2D eigenvalue weighted by molar-refractivity contribution is 14.1. The summed E-state index contributed by atoms with van der Waals surface area (Å²) in [6.07, 6.45) is 2.85. The van der Waals surface area contributed by atoms with Gasteiger partial charge in [0.05, 0.1) is 0 Å². The second-order valence-corrected chi connectivity index (χ2v) is 6.36. The van der Waals surface area contributed by atoms with Crippen LogP contribution < -0.4 is 14.8 Å². The number of carbonyl (C=O) groups is 2. The lowest BCUT2D eigenvalue weighted by Crippen LogP contribution is -2.20. The number of benzene rings is 2. The van der Waals surface area contributed by atoms with E-state index in [9.17, 15) is 9.59 Å². The third kappa shape index (κ3) is 4.96. The van der Waals surface area contributed by atoms with Crippen LogP contribution in [0.5, 0.6) is 11.5 Å². The van der Waals surface area contributed by atoms with Crippen molar-refractivity contribution in [2.75, 3.05) is 18.7 Å². The Morgan fingerprint density at radius 2 is 2.00 bits per heavy atom. The number of hydrogen-bond donors (Lipinski definition) is 1. The van der Waals surface area contributed by atoms with Gasteiger partial charge in [-0.2, -0.15) is 0 Å². The highest BCUT2D eigenvalue weighted by atomic mass is 127. The lowest BCUT2D eigenvalue weighted by atomic mass is 10.2. The number of nitrogens with one attached hydrogen (secondary N) is 1. The smallest absolute Gasteiger partial charge is 0.331 e. The van der Waals surface area contributed by atoms with Crippen molar-refractivity contribution >= 4 is 46.2 Å².